The molecule has 1 atom stereocenters. The minimum Gasteiger partial charge on any atom is -0.489 e. The number of alkyl halides is 1. The molecule has 0 aliphatic carbocycles. The molecule has 136 valence electrons. The molecular formula is C19H18FNO5. The molecule has 2 N–H and O–H groups in total. The van der Waals surface area contributed by atoms with Crippen LogP contribution in [-0.2, 0) is 16.2 Å². The third-order valence-electron chi connectivity index (χ3n) is 3.55. The fraction of sp³-hybridized carbons (Fsp3) is 0.211. The highest BCUT2D eigenvalue weighted by atomic mass is 19.1. The van der Waals surface area contributed by atoms with Crippen LogP contribution in [0.2, 0.25) is 0 Å². The van der Waals surface area contributed by atoms with E-state index in [4.69, 9.17) is 9.84 Å². The molecule has 2 rings (SSSR count). The van der Waals surface area contributed by atoms with Crippen molar-refractivity contribution in [3.63, 3.8) is 0 Å². The summed E-state index contributed by atoms with van der Waals surface area (Å²) in [7, 11) is 0. The Bertz CT molecular complexity index is 779. The van der Waals surface area contributed by atoms with Gasteiger partial charge in [-0.25, -0.2) is 4.39 Å². The van der Waals surface area contributed by atoms with Gasteiger partial charge in [0.2, 0.25) is 0 Å². The third kappa shape index (κ3) is 5.70. The van der Waals surface area contributed by atoms with Crippen molar-refractivity contribution >= 4 is 17.7 Å². The average molecular weight is 359 g/mol. The van der Waals surface area contributed by atoms with Crippen LogP contribution in [0.15, 0.2) is 54.6 Å². The molecule has 0 fully saturated rings. The van der Waals surface area contributed by atoms with Crippen molar-refractivity contribution < 1.29 is 28.6 Å². The maximum Gasteiger partial charge on any atom is 0.305 e. The summed E-state index contributed by atoms with van der Waals surface area (Å²) in [6.45, 7) is -1.04. The molecule has 2 aromatic carbocycles. The molecule has 0 spiro atoms. The van der Waals surface area contributed by atoms with E-state index in [0.29, 0.717) is 12.4 Å². The number of benzene rings is 2. The molecule has 0 saturated heterocycles. The van der Waals surface area contributed by atoms with Crippen molar-refractivity contribution in [3.8, 4) is 5.75 Å². The largest absolute Gasteiger partial charge is 0.489 e. The number of carbonyl (C=O) groups excluding carboxylic acids is 2. The fourth-order valence-corrected chi connectivity index (χ4v) is 2.22. The SMILES string of the molecule is O=C(O)CC(NC(=O)c1cccc(OCc2ccccc2)c1)C(=O)CF. The van der Waals surface area contributed by atoms with Crippen LogP contribution in [0.25, 0.3) is 0 Å². The van der Waals surface area contributed by atoms with Gasteiger partial charge in [0, 0.05) is 5.56 Å². The van der Waals surface area contributed by atoms with Crippen molar-refractivity contribution in [1.29, 1.82) is 0 Å². The van der Waals surface area contributed by atoms with Crippen LogP contribution < -0.4 is 10.1 Å². The normalized spacial score (nSPS) is 11.4. The molecule has 0 bridgehead atoms. The van der Waals surface area contributed by atoms with Crippen molar-refractivity contribution in [2.75, 3.05) is 6.67 Å². The predicted molar refractivity (Wildman–Crippen MR) is 91.7 cm³/mol. The number of rotatable bonds is 9. The van der Waals surface area contributed by atoms with Gasteiger partial charge in [-0.15, -0.1) is 0 Å². The van der Waals surface area contributed by atoms with E-state index in [2.05, 4.69) is 5.32 Å². The molecule has 0 radical (unpaired) electrons. The van der Waals surface area contributed by atoms with Crippen LogP contribution in [0.1, 0.15) is 22.3 Å². The van der Waals surface area contributed by atoms with Gasteiger partial charge >= 0.3 is 5.97 Å². The van der Waals surface area contributed by atoms with Gasteiger partial charge in [-0.2, -0.15) is 0 Å². The summed E-state index contributed by atoms with van der Waals surface area (Å²) < 4.78 is 18.2. The second kappa shape index (κ2) is 9.31. The number of hydrogen-bond acceptors (Lipinski definition) is 4. The Balaban J connectivity index is 2.04. The zero-order valence-electron chi connectivity index (χ0n) is 13.9. The smallest absolute Gasteiger partial charge is 0.305 e. The van der Waals surface area contributed by atoms with E-state index in [1.165, 1.54) is 12.1 Å². The quantitative estimate of drug-likeness (QED) is 0.717. The van der Waals surface area contributed by atoms with E-state index >= 15 is 0 Å². The van der Waals surface area contributed by atoms with Crippen LogP contribution in [0.5, 0.6) is 5.75 Å². The number of halogens is 1. The summed E-state index contributed by atoms with van der Waals surface area (Å²) in [5.41, 5.74) is 1.13. The van der Waals surface area contributed by atoms with Crippen LogP contribution in [0, 0.1) is 0 Å². The van der Waals surface area contributed by atoms with Crippen molar-refractivity contribution in [2.45, 2.75) is 19.1 Å². The molecule has 1 amide bonds. The van der Waals surface area contributed by atoms with E-state index in [9.17, 15) is 18.8 Å². The second-order valence-electron chi connectivity index (χ2n) is 5.53. The third-order valence-corrected chi connectivity index (χ3v) is 3.55. The zero-order valence-corrected chi connectivity index (χ0v) is 13.9. The van der Waals surface area contributed by atoms with Crippen molar-refractivity contribution in [1.82, 2.24) is 5.32 Å². The van der Waals surface area contributed by atoms with Gasteiger partial charge in [0.1, 0.15) is 25.1 Å². The molecular weight excluding hydrogens is 341 g/mol. The lowest BCUT2D eigenvalue weighted by atomic mass is 10.1. The van der Waals surface area contributed by atoms with Gasteiger partial charge in [0.05, 0.1) is 6.42 Å². The van der Waals surface area contributed by atoms with Gasteiger partial charge < -0.3 is 15.2 Å². The Morgan fingerprint density at radius 2 is 1.81 bits per heavy atom. The molecule has 0 aromatic heterocycles. The topological polar surface area (TPSA) is 92.7 Å². The Hall–Kier alpha value is -3.22. The number of ether oxygens (including phenoxy) is 1. The molecule has 0 heterocycles. The molecule has 2 aromatic rings. The van der Waals surface area contributed by atoms with Crippen LogP contribution in [0.3, 0.4) is 0 Å². The van der Waals surface area contributed by atoms with E-state index in [1.807, 2.05) is 30.3 Å². The van der Waals surface area contributed by atoms with E-state index in [1.54, 1.807) is 12.1 Å². The maximum absolute atomic E-state index is 12.6. The van der Waals surface area contributed by atoms with Crippen molar-refractivity contribution in [2.24, 2.45) is 0 Å². The predicted octanol–water partition coefficient (Wildman–Crippen LogP) is 2.38. The lowest BCUT2D eigenvalue weighted by Crippen LogP contribution is -2.43. The maximum atomic E-state index is 12.6. The Morgan fingerprint density at radius 1 is 1.08 bits per heavy atom. The summed E-state index contributed by atoms with van der Waals surface area (Å²) in [5.74, 6) is -2.54. The Labute approximate surface area is 149 Å². The number of ketones is 1. The summed E-state index contributed by atoms with van der Waals surface area (Å²) in [4.78, 5) is 34.5. The lowest BCUT2D eigenvalue weighted by Gasteiger charge is -2.15. The first-order chi connectivity index (χ1) is 12.5. The minimum absolute atomic E-state index is 0.178. The van der Waals surface area contributed by atoms with E-state index in [-0.39, 0.29) is 5.56 Å². The highest BCUT2D eigenvalue weighted by Crippen LogP contribution is 2.15. The lowest BCUT2D eigenvalue weighted by molar-refractivity contribution is -0.139. The number of nitrogens with one attached hydrogen (secondary N) is 1. The Morgan fingerprint density at radius 3 is 2.46 bits per heavy atom. The number of amides is 1. The molecule has 0 saturated carbocycles. The fourth-order valence-electron chi connectivity index (χ4n) is 2.22. The summed E-state index contributed by atoms with van der Waals surface area (Å²) in [6, 6.07) is 14.3. The van der Waals surface area contributed by atoms with Gasteiger partial charge in [0.15, 0.2) is 5.78 Å². The van der Waals surface area contributed by atoms with Crippen LogP contribution in [-0.4, -0.2) is 35.5 Å². The minimum atomic E-state index is -1.42. The highest BCUT2D eigenvalue weighted by molar-refractivity contribution is 5.99. The van der Waals surface area contributed by atoms with Gasteiger partial charge in [-0.1, -0.05) is 36.4 Å². The standard InChI is InChI=1S/C19H18FNO5/c20-11-17(22)16(10-18(23)24)21-19(25)14-7-4-8-15(9-14)26-12-13-5-2-1-3-6-13/h1-9,16H,10-12H2,(H,21,25)(H,23,24). The van der Waals surface area contributed by atoms with Crippen LogP contribution >= 0.6 is 0 Å². The molecule has 0 aliphatic rings. The molecule has 26 heavy (non-hydrogen) atoms. The first-order valence-corrected chi connectivity index (χ1v) is 7.87. The average Bonchev–Trinajstić information content (AvgIpc) is 2.66. The second-order valence-corrected chi connectivity index (χ2v) is 5.53. The summed E-state index contributed by atoms with van der Waals surface area (Å²) >= 11 is 0. The Kier molecular flexibility index (Phi) is 6.84. The van der Waals surface area contributed by atoms with Crippen LogP contribution in [0.4, 0.5) is 4.39 Å². The first kappa shape index (κ1) is 19.1. The number of hydrogen-bond donors (Lipinski definition) is 2. The van der Waals surface area contributed by atoms with E-state index < -0.39 is 36.8 Å². The number of carbonyl (C=O) groups is 3. The summed E-state index contributed by atoms with van der Waals surface area (Å²) in [6.07, 6.45) is -0.682. The summed E-state index contributed by atoms with van der Waals surface area (Å²) in [5, 5.41) is 11.0. The zero-order chi connectivity index (χ0) is 18.9. The highest BCUT2D eigenvalue weighted by Gasteiger charge is 2.24. The number of carboxylic acid groups (broad SMARTS) is 1. The van der Waals surface area contributed by atoms with Gasteiger partial charge in [-0.05, 0) is 23.8 Å². The van der Waals surface area contributed by atoms with Gasteiger partial charge in [-0.3, -0.25) is 14.4 Å². The van der Waals surface area contributed by atoms with E-state index in [0.717, 1.165) is 5.56 Å². The van der Waals surface area contributed by atoms with Crippen molar-refractivity contribution in [3.05, 3.63) is 65.7 Å². The number of aliphatic carboxylic acids is 1. The monoisotopic (exact) mass is 359 g/mol. The van der Waals surface area contributed by atoms with Gasteiger partial charge in [0.25, 0.3) is 5.91 Å². The molecule has 6 nitrogen and oxygen atoms in total. The molecule has 7 heteroatoms. The number of Topliss-reactive ketones (excluding diaryl/α,β-unsaturated/α-hetero) is 1. The number of carboxylic acids is 1. The first-order valence-electron chi connectivity index (χ1n) is 7.87. The molecule has 1 unspecified atom stereocenters. The molecule has 0 aliphatic heterocycles.